The molecule has 0 aliphatic carbocycles. The lowest BCUT2D eigenvalue weighted by molar-refractivity contribution is -0.114. The van der Waals surface area contributed by atoms with E-state index in [9.17, 15) is 4.79 Å². The minimum absolute atomic E-state index is 0.124. The maximum Gasteiger partial charge on any atom is 0.280 e. The zero-order valence-corrected chi connectivity index (χ0v) is 14.6. The van der Waals surface area contributed by atoms with Crippen LogP contribution in [0.4, 0.5) is 5.69 Å². The van der Waals surface area contributed by atoms with Crippen molar-refractivity contribution in [2.45, 2.75) is 13.8 Å². The summed E-state index contributed by atoms with van der Waals surface area (Å²) in [7, 11) is 0. The lowest BCUT2D eigenvalue weighted by atomic mass is 10.1. The Hall–Kier alpha value is -3.47. The number of nitrogens with zero attached hydrogens (tertiary/aromatic N) is 4. The Morgan fingerprint density at radius 3 is 2.15 bits per heavy atom. The summed E-state index contributed by atoms with van der Waals surface area (Å²) in [6, 6.07) is 19.3. The van der Waals surface area contributed by atoms with Gasteiger partial charge in [-0.05, 0) is 44.2 Å². The molecule has 0 spiro atoms. The van der Waals surface area contributed by atoms with E-state index in [1.807, 2.05) is 91.5 Å². The molecule has 1 aliphatic rings. The molecule has 3 aromatic rings. The number of anilines is 1. The van der Waals surface area contributed by atoms with Crippen molar-refractivity contribution in [3.05, 3.63) is 83.7 Å². The fraction of sp³-hybridized carbons (Fsp3) is 0.0952. The van der Waals surface area contributed by atoms with Gasteiger partial charge in [-0.25, -0.2) is 4.68 Å². The molecule has 0 radical (unpaired) electrons. The van der Waals surface area contributed by atoms with Crippen LogP contribution in [0.1, 0.15) is 18.2 Å². The first-order chi connectivity index (χ1) is 12.6. The van der Waals surface area contributed by atoms with E-state index in [2.05, 4.69) is 10.2 Å². The Labute approximate surface area is 151 Å². The van der Waals surface area contributed by atoms with Crippen molar-refractivity contribution in [2.75, 3.05) is 5.01 Å². The summed E-state index contributed by atoms with van der Waals surface area (Å²) in [5.41, 5.74) is 4.79. The van der Waals surface area contributed by atoms with Gasteiger partial charge >= 0.3 is 0 Å². The second-order valence-corrected chi connectivity index (χ2v) is 6.15. The summed E-state index contributed by atoms with van der Waals surface area (Å²) in [4.78, 5) is 12.8. The number of carbonyl (C=O) groups is 1. The van der Waals surface area contributed by atoms with Crippen LogP contribution < -0.4 is 5.01 Å². The lowest BCUT2D eigenvalue weighted by Gasteiger charge is -2.10. The number of carbonyl (C=O) groups excluding carboxylic acids is 1. The van der Waals surface area contributed by atoms with E-state index in [0.717, 1.165) is 22.6 Å². The molecule has 4 rings (SSSR count). The van der Waals surface area contributed by atoms with Gasteiger partial charge in [-0.3, -0.25) is 4.79 Å². The second kappa shape index (κ2) is 6.44. The van der Waals surface area contributed by atoms with Crippen LogP contribution in [0.25, 0.3) is 11.8 Å². The molecule has 2 heterocycles. The van der Waals surface area contributed by atoms with E-state index in [4.69, 9.17) is 0 Å². The smallest absolute Gasteiger partial charge is 0.267 e. The van der Waals surface area contributed by atoms with Crippen LogP contribution >= 0.6 is 0 Å². The van der Waals surface area contributed by atoms with Gasteiger partial charge in [-0.2, -0.15) is 15.2 Å². The van der Waals surface area contributed by atoms with Gasteiger partial charge in [0.25, 0.3) is 5.91 Å². The average molecular weight is 342 g/mol. The van der Waals surface area contributed by atoms with Gasteiger partial charge < -0.3 is 0 Å². The van der Waals surface area contributed by atoms with Crippen molar-refractivity contribution in [3.63, 3.8) is 0 Å². The standard InChI is InChI=1S/C21H18N4O/c1-15-17(14-24(22-15)18-9-5-3-6-10-18)13-20-16(2)23-25(21(20)26)19-11-7-4-8-12-19/h3-14H,1-2H3/b20-13+. The number of aromatic nitrogens is 2. The summed E-state index contributed by atoms with van der Waals surface area (Å²) in [6.45, 7) is 3.79. The fourth-order valence-corrected chi connectivity index (χ4v) is 2.91. The SMILES string of the molecule is CC1=NN(c2ccccc2)C(=O)/C1=C/c1cn(-c2ccccc2)nc1C. The Bertz CT molecular complexity index is 1020. The molecule has 5 heteroatoms. The van der Waals surface area contributed by atoms with Gasteiger partial charge in [-0.1, -0.05) is 36.4 Å². The highest BCUT2D eigenvalue weighted by molar-refractivity contribution is 6.32. The van der Waals surface area contributed by atoms with E-state index < -0.39 is 0 Å². The predicted molar refractivity (Wildman–Crippen MR) is 103 cm³/mol. The molecule has 1 aromatic heterocycles. The van der Waals surface area contributed by atoms with Crippen LogP contribution in [0.5, 0.6) is 0 Å². The van der Waals surface area contributed by atoms with Crippen LogP contribution in [0, 0.1) is 6.92 Å². The molecular weight excluding hydrogens is 324 g/mol. The topological polar surface area (TPSA) is 50.5 Å². The van der Waals surface area contributed by atoms with E-state index in [1.165, 1.54) is 5.01 Å². The van der Waals surface area contributed by atoms with Gasteiger partial charge in [0.2, 0.25) is 0 Å². The summed E-state index contributed by atoms with van der Waals surface area (Å²) in [5, 5.41) is 10.4. The maximum absolute atomic E-state index is 12.8. The van der Waals surface area contributed by atoms with Gasteiger partial charge in [0, 0.05) is 11.8 Å². The highest BCUT2D eigenvalue weighted by Gasteiger charge is 2.28. The van der Waals surface area contributed by atoms with Crippen LogP contribution in [0.2, 0.25) is 0 Å². The Morgan fingerprint density at radius 2 is 1.50 bits per heavy atom. The number of rotatable bonds is 3. The molecule has 0 atom stereocenters. The van der Waals surface area contributed by atoms with E-state index in [0.29, 0.717) is 11.3 Å². The molecule has 2 aromatic carbocycles. The first-order valence-electron chi connectivity index (χ1n) is 8.42. The molecule has 0 fully saturated rings. The minimum Gasteiger partial charge on any atom is -0.267 e. The summed E-state index contributed by atoms with van der Waals surface area (Å²) >= 11 is 0. The summed E-state index contributed by atoms with van der Waals surface area (Å²) in [5.74, 6) is -0.124. The molecule has 5 nitrogen and oxygen atoms in total. The quantitative estimate of drug-likeness (QED) is 0.676. The number of aryl methyl sites for hydroxylation is 1. The number of hydrogen-bond donors (Lipinski definition) is 0. The molecular formula is C21H18N4O. The van der Waals surface area contributed by atoms with E-state index in [-0.39, 0.29) is 5.91 Å². The van der Waals surface area contributed by atoms with Crippen molar-refractivity contribution in [1.82, 2.24) is 9.78 Å². The second-order valence-electron chi connectivity index (χ2n) is 6.15. The molecule has 0 saturated carbocycles. The number of amides is 1. The minimum atomic E-state index is -0.124. The molecule has 128 valence electrons. The van der Waals surface area contributed by atoms with E-state index >= 15 is 0 Å². The monoisotopic (exact) mass is 342 g/mol. The third kappa shape index (κ3) is 2.84. The summed E-state index contributed by atoms with van der Waals surface area (Å²) in [6.07, 6.45) is 3.80. The molecule has 0 bridgehead atoms. The molecule has 1 amide bonds. The number of benzene rings is 2. The van der Waals surface area contributed by atoms with Crippen molar-refractivity contribution in [3.8, 4) is 5.69 Å². The van der Waals surface area contributed by atoms with Crippen molar-refractivity contribution in [1.29, 1.82) is 0 Å². The third-order valence-corrected chi connectivity index (χ3v) is 4.32. The lowest BCUT2D eigenvalue weighted by Crippen LogP contribution is -2.21. The van der Waals surface area contributed by atoms with Crippen molar-refractivity contribution >= 4 is 23.4 Å². The van der Waals surface area contributed by atoms with Gasteiger partial charge in [0.1, 0.15) is 0 Å². The fourth-order valence-electron chi connectivity index (χ4n) is 2.91. The zero-order chi connectivity index (χ0) is 18.1. The van der Waals surface area contributed by atoms with Crippen molar-refractivity contribution in [2.24, 2.45) is 5.10 Å². The third-order valence-electron chi connectivity index (χ3n) is 4.32. The Morgan fingerprint density at radius 1 is 0.885 bits per heavy atom. The zero-order valence-electron chi connectivity index (χ0n) is 14.6. The molecule has 1 aliphatic heterocycles. The number of hydrogen-bond acceptors (Lipinski definition) is 3. The van der Waals surface area contributed by atoms with Gasteiger partial charge in [-0.15, -0.1) is 0 Å². The molecule has 0 unspecified atom stereocenters. The highest BCUT2D eigenvalue weighted by Crippen LogP contribution is 2.25. The molecule has 0 N–H and O–H groups in total. The van der Waals surface area contributed by atoms with Gasteiger partial charge in [0.05, 0.1) is 28.4 Å². The highest BCUT2D eigenvalue weighted by atomic mass is 16.2. The van der Waals surface area contributed by atoms with Crippen molar-refractivity contribution < 1.29 is 4.79 Å². The first-order valence-corrected chi connectivity index (χ1v) is 8.42. The summed E-state index contributed by atoms with van der Waals surface area (Å²) < 4.78 is 1.82. The van der Waals surface area contributed by atoms with Crippen LogP contribution in [0.3, 0.4) is 0 Å². The number of para-hydroxylation sites is 2. The van der Waals surface area contributed by atoms with E-state index in [1.54, 1.807) is 0 Å². The normalized spacial score (nSPS) is 15.6. The molecule has 26 heavy (non-hydrogen) atoms. The van der Waals surface area contributed by atoms with Gasteiger partial charge in [0.15, 0.2) is 0 Å². The number of hydrazone groups is 1. The maximum atomic E-state index is 12.8. The van der Waals surface area contributed by atoms with Crippen LogP contribution in [-0.2, 0) is 4.79 Å². The molecule has 0 saturated heterocycles. The van der Waals surface area contributed by atoms with Crippen LogP contribution in [-0.4, -0.2) is 21.4 Å². The Balaban J connectivity index is 1.68. The largest absolute Gasteiger partial charge is 0.280 e. The Kier molecular flexibility index (Phi) is 3.97. The predicted octanol–water partition coefficient (Wildman–Crippen LogP) is 3.99. The first kappa shape index (κ1) is 16.0. The van der Waals surface area contributed by atoms with Crippen LogP contribution in [0.15, 0.2) is 77.5 Å². The average Bonchev–Trinajstić information content (AvgIpc) is 3.18.